The number of carbonyl (C=O) groups is 3. The number of ether oxygens (including phenoxy) is 4. The molecule has 2 bridgehead atoms. The first-order valence-electron chi connectivity index (χ1n) is 14.6. The molecule has 0 aromatic rings. The van der Waals surface area contributed by atoms with E-state index in [4.69, 9.17) is 18.9 Å². The van der Waals surface area contributed by atoms with Crippen LogP contribution in [0.2, 0.25) is 0 Å². The summed E-state index contributed by atoms with van der Waals surface area (Å²) in [6.07, 6.45) is 3.75. The van der Waals surface area contributed by atoms with E-state index in [1.165, 1.54) is 13.8 Å². The molecule has 1 aliphatic carbocycles. The second-order valence-electron chi connectivity index (χ2n) is 13.0. The number of aliphatic hydroxyl groups is 1. The van der Waals surface area contributed by atoms with Crippen molar-refractivity contribution in [2.75, 3.05) is 0 Å². The lowest BCUT2D eigenvalue weighted by molar-refractivity contribution is -0.185. The number of rotatable bonds is 8. The van der Waals surface area contributed by atoms with Crippen molar-refractivity contribution in [2.45, 2.75) is 148 Å². The highest BCUT2D eigenvalue weighted by atomic mass is 16.6. The molecule has 0 aromatic carbocycles. The van der Waals surface area contributed by atoms with Gasteiger partial charge in [0.15, 0.2) is 0 Å². The molecular formula is C30H50O8. The SMILES string of the molecule is CCCCCC(=O)OC1CCC(C)(OC(C)=O)C2OC(CC1(C)O)C1C2C(C(C)C)CCC1(C)OC(C)=O. The fourth-order valence-corrected chi connectivity index (χ4v) is 7.62. The molecule has 8 heteroatoms. The van der Waals surface area contributed by atoms with E-state index in [-0.39, 0.29) is 36.1 Å². The second-order valence-corrected chi connectivity index (χ2v) is 13.0. The Balaban J connectivity index is 2.05. The molecule has 2 heterocycles. The first kappa shape index (κ1) is 30.9. The van der Waals surface area contributed by atoms with Gasteiger partial charge in [-0.2, -0.15) is 0 Å². The maximum absolute atomic E-state index is 12.7. The van der Waals surface area contributed by atoms with E-state index in [0.717, 1.165) is 25.7 Å². The van der Waals surface area contributed by atoms with Gasteiger partial charge < -0.3 is 24.1 Å². The fourth-order valence-electron chi connectivity index (χ4n) is 7.62. The standard InChI is InChI=1S/C30H50O8/c1-9-10-11-12-24(33)36-23-14-16-30(8,38-20(5)32)27-25-21(18(2)3)13-15-29(7,37-19(4)31)26(25)22(35-27)17-28(23,6)34/h18,21-23,25-27,34H,9-17H2,1-8H3. The van der Waals surface area contributed by atoms with Gasteiger partial charge in [-0.25, -0.2) is 0 Å². The van der Waals surface area contributed by atoms with Crippen LogP contribution < -0.4 is 0 Å². The van der Waals surface area contributed by atoms with Crippen LogP contribution in [-0.2, 0) is 33.3 Å². The summed E-state index contributed by atoms with van der Waals surface area (Å²) >= 11 is 0. The molecule has 218 valence electrons. The summed E-state index contributed by atoms with van der Waals surface area (Å²) in [5.41, 5.74) is -3.17. The van der Waals surface area contributed by atoms with Crippen LogP contribution in [0.3, 0.4) is 0 Å². The molecule has 0 spiro atoms. The van der Waals surface area contributed by atoms with Crippen molar-refractivity contribution < 1.29 is 38.4 Å². The van der Waals surface area contributed by atoms with Crippen LogP contribution in [0.1, 0.15) is 113 Å². The van der Waals surface area contributed by atoms with Gasteiger partial charge in [0, 0.05) is 38.5 Å². The molecule has 1 saturated carbocycles. The van der Waals surface area contributed by atoms with Gasteiger partial charge in [0.25, 0.3) is 0 Å². The second kappa shape index (κ2) is 11.8. The van der Waals surface area contributed by atoms with Gasteiger partial charge in [-0.3, -0.25) is 14.4 Å². The zero-order chi connectivity index (χ0) is 28.5. The summed E-state index contributed by atoms with van der Waals surface area (Å²) in [5, 5.41) is 11.8. The number of fused-ring (bicyclic) bond motifs is 5. The lowest BCUT2D eigenvalue weighted by Gasteiger charge is -2.51. The van der Waals surface area contributed by atoms with Crippen LogP contribution >= 0.6 is 0 Å². The summed E-state index contributed by atoms with van der Waals surface area (Å²) in [7, 11) is 0. The average molecular weight is 539 g/mol. The van der Waals surface area contributed by atoms with Gasteiger partial charge in [-0.1, -0.05) is 33.6 Å². The normalized spacial score (nSPS) is 40.9. The van der Waals surface area contributed by atoms with Crippen molar-refractivity contribution in [2.24, 2.45) is 23.7 Å². The van der Waals surface area contributed by atoms with E-state index in [0.29, 0.717) is 31.6 Å². The number of carbonyl (C=O) groups excluding carboxylic acids is 3. The molecule has 0 amide bonds. The number of hydrogen-bond acceptors (Lipinski definition) is 8. The number of unbranched alkanes of at least 4 members (excludes halogenated alkanes) is 2. The van der Waals surface area contributed by atoms with Gasteiger partial charge >= 0.3 is 17.9 Å². The number of hydrogen-bond donors (Lipinski definition) is 1. The molecule has 9 unspecified atom stereocenters. The molecule has 3 fully saturated rings. The third-order valence-corrected chi connectivity index (χ3v) is 9.34. The average Bonchev–Trinajstić information content (AvgIpc) is 3.16. The minimum atomic E-state index is -1.38. The molecule has 3 aliphatic rings. The molecule has 0 radical (unpaired) electrons. The van der Waals surface area contributed by atoms with E-state index >= 15 is 0 Å². The van der Waals surface area contributed by atoms with Gasteiger partial charge in [0.05, 0.1) is 6.10 Å². The van der Waals surface area contributed by atoms with E-state index in [2.05, 4.69) is 20.8 Å². The highest BCUT2D eigenvalue weighted by Gasteiger charge is 2.65. The summed E-state index contributed by atoms with van der Waals surface area (Å²) in [6.45, 7) is 14.8. The Morgan fingerprint density at radius 3 is 2.16 bits per heavy atom. The van der Waals surface area contributed by atoms with Gasteiger partial charge in [0.2, 0.25) is 0 Å². The van der Waals surface area contributed by atoms with E-state index in [9.17, 15) is 19.5 Å². The Kier molecular flexibility index (Phi) is 9.61. The zero-order valence-corrected chi connectivity index (χ0v) is 24.7. The topological polar surface area (TPSA) is 108 Å². The maximum atomic E-state index is 12.7. The Morgan fingerprint density at radius 1 is 0.974 bits per heavy atom. The third-order valence-electron chi connectivity index (χ3n) is 9.34. The summed E-state index contributed by atoms with van der Waals surface area (Å²) < 4.78 is 24.7. The van der Waals surface area contributed by atoms with Crippen molar-refractivity contribution in [1.82, 2.24) is 0 Å². The van der Waals surface area contributed by atoms with Crippen molar-refractivity contribution in [3.63, 3.8) is 0 Å². The molecule has 0 aromatic heterocycles. The lowest BCUT2D eigenvalue weighted by Crippen LogP contribution is -2.58. The molecule has 3 rings (SSSR count). The van der Waals surface area contributed by atoms with Gasteiger partial charge in [-0.05, 0) is 64.7 Å². The monoisotopic (exact) mass is 538 g/mol. The molecular weight excluding hydrogens is 488 g/mol. The Bertz CT molecular complexity index is 868. The van der Waals surface area contributed by atoms with Crippen molar-refractivity contribution in [3.05, 3.63) is 0 Å². The smallest absolute Gasteiger partial charge is 0.306 e. The highest BCUT2D eigenvalue weighted by Crippen LogP contribution is 2.58. The zero-order valence-electron chi connectivity index (χ0n) is 24.7. The first-order chi connectivity index (χ1) is 17.6. The molecule has 8 nitrogen and oxygen atoms in total. The quantitative estimate of drug-likeness (QED) is 0.258. The van der Waals surface area contributed by atoms with Crippen molar-refractivity contribution in [1.29, 1.82) is 0 Å². The van der Waals surface area contributed by atoms with Crippen molar-refractivity contribution in [3.8, 4) is 0 Å². The summed E-state index contributed by atoms with van der Waals surface area (Å²) in [4.78, 5) is 37.3. The minimum absolute atomic E-state index is 0.0357. The fraction of sp³-hybridized carbons (Fsp3) is 0.900. The lowest BCUT2D eigenvalue weighted by atomic mass is 9.57. The maximum Gasteiger partial charge on any atom is 0.306 e. The molecule has 38 heavy (non-hydrogen) atoms. The Labute approximate surface area is 228 Å². The summed E-state index contributed by atoms with van der Waals surface area (Å²) in [5.74, 6) is -0.722. The van der Waals surface area contributed by atoms with E-state index in [1.54, 1.807) is 6.92 Å². The Hall–Kier alpha value is -1.67. The molecule has 1 N–H and O–H groups in total. The van der Waals surface area contributed by atoms with Crippen LogP contribution in [0.25, 0.3) is 0 Å². The predicted octanol–water partition coefficient (Wildman–Crippen LogP) is 5.12. The molecule has 9 atom stereocenters. The largest absolute Gasteiger partial charge is 0.459 e. The van der Waals surface area contributed by atoms with Gasteiger partial charge in [0.1, 0.15) is 29.0 Å². The van der Waals surface area contributed by atoms with Crippen LogP contribution in [-0.4, -0.2) is 58.1 Å². The number of esters is 3. The minimum Gasteiger partial charge on any atom is -0.459 e. The highest BCUT2D eigenvalue weighted by molar-refractivity contribution is 5.69. The Morgan fingerprint density at radius 2 is 1.58 bits per heavy atom. The van der Waals surface area contributed by atoms with Gasteiger partial charge in [-0.15, -0.1) is 0 Å². The first-order valence-corrected chi connectivity index (χ1v) is 14.6. The summed E-state index contributed by atoms with van der Waals surface area (Å²) in [6, 6.07) is 0. The molecule has 2 saturated heterocycles. The molecule has 2 aliphatic heterocycles. The van der Waals surface area contributed by atoms with E-state index in [1.807, 2.05) is 13.8 Å². The van der Waals surface area contributed by atoms with Crippen LogP contribution in [0.4, 0.5) is 0 Å². The van der Waals surface area contributed by atoms with Crippen molar-refractivity contribution >= 4 is 17.9 Å². The van der Waals surface area contributed by atoms with E-state index < -0.39 is 41.1 Å². The van der Waals surface area contributed by atoms with Crippen LogP contribution in [0, 0.1) is 23.7 Å². The predicted molar refractivity (Wildman–Crippen MR) is 142 cm³/mol. The van der Waals surface area contributed by atoms with Crippen LogP contribution in [0.15, 0.2) is 0 Å². The van der Waals surface area contributed by atoms with Crippen LogP contribution in [0.5, 0.6) is 0 Å². The third kappa shape index (κ3) is 6.55.